The topological polar surface area (TPSA) is 50.9 Å². The maximum absolute atomic E-state index is 13.2. The SMILES string of the molecule is Cc1ncc(CNc2cc(Br)c(F)cc2N)s1. The van der Waals surface area contributed by atoms with Gasteiger partial charge in [-0.25, -0.2) is 9.37 Å². The molecule has 0 amide bonds. The third kappa shape index (κ3) is 2.95. The summed E-state index contributed by atoms with van der Waals surface area (Å²) < 4.78 is 13.6. The van der Waals surface area contributed by atoms with E-state index in [1.54, 1.807) is 17.4 Å². The Bertz CT molecular complexity index is 542. The Morgan fingerprint density at radius 3 is 2.94 bits per heavy atom. The van der Waals surface area contributed by atoms with E-state index in [0.717, 1.165) is 9.88 Å². The van der Waals surface area contributed by atoms with E-state index in [1.807, 2.05) is 13.1 Å². The fourth-order valence-electron chi connectivity index (χ4n) is 1.38. The summed E-state index contributed by atoms with van der Waals surface area (Å²) in [4.78, 5) is 5.27. The first-order valence-electron chi connectivity index (χ1n) is 4.96. The summed E-state index contributed by atoms with van der Waals surface area (Å²) >= 11 is 4.75. The molecule has 3 nitrogen and oxygen atoms in total. The second-order valence-corrected chi connectivity index (χ2v) is 5.73. The van der Waals surface area contributed by atoms with Gasteiger partial charge in [-0.15, -0.1) is 11.3 Å². The van der Waals surface area contributed by atoms with Gasteiger partial charge in [0.05, 0.1) is 27.4 Å². The third-order valence-corrected chi connectivity index (χ3v) is 3.74. The molecular formula is C11H11BrFN3S. The van der Waals surface area contributed by atoms with Crippen molar-refractivity contribution in [1.29, 1.82) is 0 Å². The summed E-state index contributed by atoms with van der Waals surface area (Å²) in [7, 11) is 0. The summed E-state index contributed by atoms with van der Waals surface area (Å²) in [6.07, 6.45) is 1.82. The molecule has 0 fully saturated rings. The van der Waals surface area contributed by atoms with Crippen molar-refractivity contribution in [2.75, 3.05) is 11.1 Å². The van der Waals surface area contributed by atoms with E-state index < -0.39 is 0 Å². The first kappa shape index (κ1) is 12.3. The van der Waals surface area contributed by atoms with E-state index in [9.17, 15) is 4.39 Å². The number of aromatic nitrogens is 1. The zero-order valence-corrected chi connectivity index (χ0v) is 11.5. The highest BCUT2D eigenvalue weighted by Gasteiger charge is 2.06. The summed E-state index contributed by atoms with van der Waals surface area (Å²) in [6, 6.07) is 2.93. The van der Waals surface area contributed by atoms with Gasteiger partial charge < -0.3 is 11.1 Å². The van der Waals surface area contributed by atoms with Gasteiger partial charge in [0.25, 0.3) is 0 Å². The molecule has 6 heteroatoms. The Morgan fingerprint density at radius 1 is 1.53 bits per heavy atom. The second kappa shape index (κ2) is 5.01. The molecule has 1 aromatic heterocycles. The minimum Gasteiger partial charge on any atom is -0.397 e. The monoisotopic (exact) mass is 315 g/mol. The standard InChI is InChI=1S/C11H11BrFN3S/c1-6-15-4-7(17-6)5-16-11-2-8(12)9(13)3-10(11)14/h2-4,16H,5,14H2,1H3. The Balaban J connectivity index is 2.11. The van der Waals surface area contributed by atoms with Crippen LogP contribution in [0.3, 0.4) is 0 Å². The Labute approximate surface area is 111 Å². The average molecular weight is 316 g/mol. The van der Waals surface area contributed by atoms with Crippen molar-refractivity contribution < 1.29 is 4.39 Å². The average Bonchev–Trinajstić information content (AvgIpc) is 2.68. The zero-order chi connectivity index (χ0) is 12.4. The van der Waals surface area contributed by atoms with Gasteiger partial charge in [-0.2, -0.15) is 0 Å². The molecule has 0 saturated heterocycles. The lowest BCUT2D eigenvalue weighted by Crippen LogP contribution is -2.02. The lowest BCUT2D eigenvalue weighted by molar-refractivity contribution is 0.622. The molecule has 0 spiro atoms. The van der Waals surface area contributed by atoms with Gasteiger partial charge in [0.1, 0.15) is 5.82 Å². The molecule has 0 atom stereocenters. The maximum atomic E-state index is 13.2. The van der Waals surface area contributed by atoms with Crippen molar-refractivity contribution in [3.63, 3.8) is 0 Å². The van der Waals surface area contributed by atoms with Gasteiger partial charge >= 0.3 is 0 Å². The molecule has 0 unspecified atom stereocenters. The highest BCUT2D eigenvalue weighted by molar-refractivity contribution is 9.10. The summed E-state index contributed by atoms with van der Waals surface area (Å²) in [5, 5.41) is 4.18. The number of halogens is 2. The minimum absolute atomic E-state index is 0.360. The molecule has 0 aliphatic carbocycles. The van der Waals surface area contributed by atoms with Crippen molar-refractivity contribution in [1.82, 2.24) is 4.98 Å². The van der Waals surface area contributed by atoms with Crippen LogP contribution in [-0.4, -0.2) is 4.98 Å². The molecule has 1 aromatic carbocycles. The van der Waals surface area contributed by atoms with Crippen molar-refractivity contribution in [2.45, 2.75) is 13.5 Å². The number of thiazole rings is 1. The van der Waals surface area contributed by atoms with Crippen molar-refractivity contribution in [3.8, 4) is 0 Å². The highest BCUT2D eigenvalue weighted by Crippen LogP contribution is 2.27. The number of hydrogen-bond donors (Lipinski definition) is 2. The predicted octanol–water partition coefficient (Wildman–Crippen LogP) is 3.55. The Morgan fingerprint density at radius 2 is 2.29 bits per heavy atom. The fourth-order valence-corrected chi connectivity index (χ4v) is 2.46. The number of anilines is 2. The number of nitrogen functional groups attached to an aromatic ring is 1. The normalized spacial score (nSPS) is 10.5. The van der Waals surface area contributed by atoms with Gasteiger partial charge in [-0.3, -0.25) is 0 Å². The van der Waals surface area contributed by atoms with Gasteiger partial charge in [0, 0.05) is 17.1 Å². The first-order valence-corrected chi connectivity index (χ1v) is 6.57. The molecule has 1 heterocycles. The minimum atomic E-state index is -0.360. The van der Waals surface area contributed by atoms with E-state index in [4.69, 9.17) is 5.73 Å². The molecule has 2 aromatic rings. The van der Waals surface area contributed by atoms with Crippen LogP contribution in [-0.2, 0) is 6.54 Å². The molecule has 90 valence electrons. The van der Waals surface area contributed by atoms with E-state index in [2.05, 4.69) is 26.2 Å². The van der Waals surface area contributed by atoms with E-state index >= 15 is 0 Å². The van der Waals surface area contributed by atoms with Gasteiger partial charge in [0.15, 0.2) is 0 Å². The Kier molecular flexibility index (Phi) is 3.63. The Hall–Kier alpha value is -1.14. The van der Waals surface area contributed by atoms with E-state index in [1.165, 1.54) is 6.07 Å². The third-order valence-electron chi connectivity index (χ3n) is 2.21. The summed E-state index contributed by atoms with van der Waals surface area (Å²) in [6.45, 7) is 2.59. The van der Waals surface area contributed by atoms with Crippen molar-refractivity contribution in [2.24, 2.45) is 0 Å². The highest BCUT2D eigenvalue weighted by atomic mass is 79.9. The second-order valence-electron chi connectivity index (χ2n) is 3.55. The quantitative estimate of drug-likeness (QED) is 0.852. The van der Waals surface area contributed by atoms with Crippen LogP contribution in [0.2, 0.25) is 0 Å². The lowest BCUT2D eigenvalue weighted by atomic mass is 10.2. The molecule has 17 heavy (non-hydrogen) atoms. The van der Waals surface area contributed by atoms with Crippen LogP contribution in [0.15, 0.2) is 22.8 Å². The van der Waals surface area contributed by atoms with Gasteiger partial charge in [-0.1, -0.05) is 0 Å². The number of nitrogens with two attached hydrogens (primary N) is 1. The van der Waals surface area contributed by atoms with Crippen LogP contribution >= 0.6 is 27.3 Å². The molecule has 0 aliphatic rings. The van der Waals surface area contributed by atoms with Crippen LogP contribution in [0, 0.1) is 12.7 Å². The summed E-state index contributed by atoms with van der Waals surface area (Å²) in [5.41, 5.74) is 6.83. The van der Waals surface area contributed by atoms with Crippen LogP contribution in [0.25, 0.3) is 0 Å². The fraction of sp³-hybridized carbons (Fsp3) is 0.182. The van der Waals surface area contributed by atoms with E-state index in [0.29, 0.717) is 22.4 Å². The van der Waals surface area contributed by atoms with Gasteiger partial charge in [0.2, 0.25) is 0 Å². The predicted molar refractivity (Wildman–Crippen MR) is 72.7 cm³/mol. The van der Waals surface area contributed by atoms with Crippen LogP contribution in [0.4, 0.5) is 15.8 Å². The summed E-state index contributed by atoms with van der Waals surface area (Å²) in [5.74, 6) is -0.360. The van der Waals surface area contributed by atoms with Crippen molar-refractivity contribution >= 4 is 38.6 Å². The number of aryl methyl sites for hydroxylation is 1. The molecular weight excluding hydrogens is 305 g/mol. The molecule has 0 radical (unpaired) electrons. The zero-order valence-electron chi connectivity index (χ0n) is 9.13. The van der Waals surface area contributed by atoms with Crippen molar-refractivity contribution in [3.05, 3.63) is 38.5 Å². The van der Waals surface area contributed by atoms with Crippen LogP contribution < -0.4 is 11.1 Å². The molecule has 0 aliphatic heterocycles. The number of rotatable bonds is 3. The largest absolute Gasteiger partial charge is 0.397 e. The molecule has 3 N–H and O–H groups in total. The first-order chi connectivity index (χ1) is 8.06. The molecule has 2 rings (SSSR count). The number of nitrogens with zero attached hydrogens (tertiary/aromatic N) is 1. The molecule has 0 bridgehead atoms. The number of benzene rings is 1. The maximum Gasteiger partial charge on any atom is 0.139 e. The molecule has 0 saturated carbocycles. The van der Waals surface area contributed by atoms with Crippen LogP contribution in [0.5, 0.6) is 0 Å². The van der Waals surface area contributed by atoms with Gasteiger partial charge in [-0.05, 0) is 28.9 Å². The number of nitrogens with one attached hydrogen (secondary N) is 1. The van der Waals surface area contributed by atoms with E-state index in [-0.39, 0.29) is 5.82 Å². The lowest BCUT2D eigenvalue weighted by Gasteiger charge is -2.09. The smallest absolute Gasteiger partial charge is 0.139 e. The van der Waals surface area contributed by atoms with Crippen LogP contribution in [0.1, 0.15) is 9.88 Å². The number of hydrogen-bond acceptors (Lipinski definition) is 4.